The lowest BCUT2D eigenvalue weighted by molar-refractivity contribution is 0.626. The Hall–Kier alpha value is -1.62. The van der Waals surface area contributed by atoms with Gasteiger partial charge in [0.25, 0.3) is 0 Å². The molecule has 5 heteroatoms. The first-order valence-corrected chi connectivity index (χ1v) is 7.12. The Morgan fingerprint density at radius 1 is 1.30 bits per heavy atom. The van der Waals surface area contributed by atoms with Gasteiger partial charge in [0.1, 0.15) is 5.82 Å². The van der Waals surface area contributed by atoms with Gasteiger partial charge in [-0.1, -0.05) is 6.07 Å². The van der Waals surface area contributed by atoms with Crippen LogP contribution in [0.2, 0.25) is 0 Å². The van der Waals surface area contributed by atoms with Crippen LogP contribution >= 0.6 is 11.9 Å². The molecule has 1 heterocycles. The molecule has 1 aromatic carbocycles. The molecule has 106 valence electrons. The molecule has 0 unspecified atom stereocenters. The van der Waals surface area contributed by atoms with E-state index in [1.165, 1.54) is 18.0 Å². The monoisotopic (exact) mass is 291 g/mol. The van der Waals surface area contributed by atoms with Gasteiger partial charge in [0.2, 0.25) is 0 Å². The fourth-order valence-corrected chi connectivity index (χ4v) is 2.11. The molecule has 0 aliphatic carbocycles. The predicted molar refractivity (Wildman–Crippen MR) is 83.5 cm³/mol. The fraction of sp³-hybridized carbons (Fsp3) is 0.333. The van der Waals surface area contributed by atoms with E-state index in [0.29, 0.717) is 5.56 Å². The molecule has 0 aliphatic heterocycles. The van der Waals surface area contributed by atoms with Gasteiger partial charge in [-0.05, 0) is 50.4 Å². The second-order valence-electron chi connectivity index (χ2n) is 5.58. The van der Waals surface area contributed by atoms with Crippen LogP contribution in [-0.4, -0.2) is 20.7 Å². The smallest absolute Gasteiger partial charge is 0.132 e. The van der Waals surface area contributed by atoms with Crippen molar-refractivity contribution in [3.63, 3.8) is 0 Å². The maximum Gasteiger partial charge on any atom is 0.132 e. The van der Waals surface area contributed by atoms with E-state index in [1.807, 2.05) is 19.3 Å². The number of halogens is 1. The van der Waals surface area contributed by atoms with Crippen LogP contribution in [0.1, 0.15) is 26.3 Å². The SMILES string of the molecule is Cn1cc(-c2ccc(/C=N/SC(C)(C)C)c(F)c2)cn1. The lowest BCUT2D eigenvalue weighted by Crippen LogP contribution is -2.05. The molecular formula is C15H18FN3S. The van der Waals surface area contributed by atoms with Crippen molar-refractivity contribution in [2.24, 2.45) is 11.4 Å². The zero-order valence-corrected chi connectivity index (χ0v) is 12.9. The summed E-state index contributed by atoms with van der Waals surface area (Å²) >= 11 is 1.43. The van der Waals surface area contributed by atoms with Crippen molar-refractivity contribution in [3.05, 3.63) is 42.0 Å². The van der Waals surface area contributed by atoms with Gasteiger partial charge < -0.3 is 0 Å². The molecule has 0 bridgehead atoms. The van der Waals surface area contributed by atoms with Crippen molar-refractivity contribution < 1.29 is 4.39 Å². The first-order valence-electron chi connectivity index (χ1n) is 6.35. The summed E-state index contributed by atoms with van der Waals surface area (Å²) in [7, 11) is 1.84. The van der Waals surface area contributed by atoms with Gasteiger partial charge in [0.05, 0.1) is 6.20 Å². The van der Waals surface area contributed by atoms with Crippen LogP contribution in [0.15, 0.2) is 35.0 Å². The lowest BCUT2D eigenvalue weighted by atomic mass is 10.1. The molecule has 20 heavy (non-hydrogen) atoms. The number of hydrogen-bond donors (Lipinski definition) is 0. The summed E-state index contributed by atoms with van der Waals surface area (Å²) in [5, 5.41) is 4.09. The number of nitrogens with zero attached hydrogens (tertiary/aromatic N) is 3. The highest BCUT2D eigenvalue weighted by Crippen LogP contribution is 2.25. The van der Waals surface area contributed by atoms with E-state index in [0.717, 1.165) is 11.1 Å². The molecule has 0 spiro atoms. The lowest BCUT2D eigenvalue weighted by Gasteiger charge is -2.12. The number of aryl methyl sites for hydroxylation is 1. The van der Waals surface area contributed by atoms with Crippen molar-refractivity contribution >= 4 is 18.2 Å². The van der Waals surface area contributed by atoms with Crippen LogP contribution in [0.25, 0.3) is 11.1 Å². The van der Waals surface area contributed by atoms with Crippen LogP contribution in [0, 0.1) is 5.82 Å². The fourth-order valence-electron chi connectivity index (χ4n) is 1.62. The second kappa shape index (κ2) is 5.79. The zero-order chi connectivity index (χ0) is 14.8. The van der Waals surface area contributed by atoms with Crippen LogP contribution in [-0.2, 0) is 7.05 Å². The highest BCUT2D eigenvalue weighted by Gasteiger charge is 2.10. The van der Waals surface area contributed by atoms with Crippen LogP contribution < -0.4 is 0 Å². The van der Waals surface area contributed by atoms with Gasteiger partial charge >= 0.3 is 0 Å². The third-order valence-corrected chi connectivity index (χ3v) is 3.32. The first-order chi connectivity index (χ1) is 9.35. The number of aromatic nitrogens is 2. The average molecular weight is 291 g/mol. The van der Waals surface area contributed by atoms with E-state index in [2.05, 4.69) is 30.3 Å². The van der Waals surface area contributed by atoms with Crippen LogP contribution in [0.4, 0.5) is 4.39 Å². The Morgan fingerprint density at radius 3 is 2.60 bits per heavy atom. The Morgan fingerprint density at radius 2 is 2.05 bits per heavy atom. The average Bonchev–Trinajstić information content (AvgIpc) is 2.76. The molecule has 3 nitrogen and oxygen atoms in total. The molecule has 0 saturated heterocycles. The number of rotatable bonds is 3. The van der Waals surface area contributed by atoms with Gasteiger partial charge in [0.15, 0.2) is 0 Å². The van der Waals surface area contributed by atoms with E-state index in [1.54, 1.807) is 23.2 Å². The maximum absolute atomic E-state index is 14.0. The molecular weight excluding hydrogens is 273 g/mol. The molecule has 0 saturated carbocycles. The second-order valence-corrected chi connectivity index (χ2v) is 7.20. The van der Waals surface area contributed by atoms with E-state index in [4.69, 9.17) is 0 Å². The molecule has 0 radical (unpaired) electrons. The third-order valence-electron chi connectivity index (χ3n) is 2.56. The molecule has 0 fully saturated rings. The quantitative estimate of drug-likeness (QED) is 0.630. The normalized spacial score (nSPS) is 12.2. The first kappa shape index (κ1) is 14.8. The van der Waals surface area contributed by atoms with Gasteiger partial charge in [-0.15, -0.1) is 0 Å². The summed E-state index contributed by atoms with van der Waals surface area (Å²) in [5.74, 6) is -0.274. The Bertz CT molecular complexity index is 626. The minimum Gasteiger partial charge on any atom is -0.275 e. The van der Waals surface area contributed by atoms with Crippen LogP contribution in [0.3, 0.4) is 0 Å². The standard InChI is InChI=1S/C15H18FN3S/c1-15(2,3)20-18-9-12-6-5-11(7-14(12)16)13-8-17-19(4)10-13/h5-10H,1-4H3/b18-9+. The van der Waals surface area contributed by atoms with E-state index in [-0.39, 0.29) is 10.6 Å². The number of hydrogen-bond acceptors (Lipinski definition) is 3. The molecule has 2 rings (SSSR count). The molecule has 1 aromatic heterocycles. The topological polar surface area (TPSA) is 30.2 Å². The highest BCUT2D eigenvalue weighted by atomic mass is 32.2. The van der Waals surface area contributed by atoms with Gasteiger partial charge in [-0.3, -0.25) is 4.68 Å². The third kappa shape index (κ3) is 3.93. The van der Waals surface area contributed by atoms with E-state index in [9.17, 15) is 4.39 Å². The minimum atomic E-state index is -0.274. The summed E-state index contributed by atoms with van der Waals surface area (Å²) in [6, 6.07) is 5.13. The minimum absolute atomic E-state index is 0.0304. The Kier molecular flexibility index (Phi) is 4.28. The van der Waals surface area contributed by atoms with Gasteiger partial charge in [-0.25, -0.2) is 8.79 Å². The van der Waals surface area contributed by atoms with Gasteiger partial charge in [-0.2, -0.15) is 5.10 Å². The Balaban J connectivity index is 2.18. The van der Waals surface area contributed by atoms with Crippen molar-refractivity contribution in [2.45, 2.75) is 25.5 Å². The van der Waals surface area contributed by atoms with E-state index >= 15 is 0 Å². The largest absolute Gasteiger partial charge is 0.275 e. The molecule has 0 atom stereocenters. The summed E-state index contributed by atoms with van der Waals surface area (Å²) in [6.45, 7) is 6.20. The van der Waals surface area contributed by atoms with Gasteiger partial charge in [0, 0.05) is 35.3 Å². The summed E-state index contributed by atoms with van der Waals surface area (Å²) < 4.78 is 20.0. The van der Waals surface area contributed by atoms with Crippen molar-refractivity contribution in [1.29, 1.82) is 0 Å². The zero-order valence-electron chi connectivity index (χ0n) is 12.1. The molecule has 0 N–H and O–H groups in total. The van der Waals surface area contributed by atoms with Crippen molar-refractivity contribution in [2.75, 3.05) is 0 Å². The maximum atomic E-state index is 14.0. The highest BCUT2D eigenvalue weighted by molar-refractivity contribution is 7.99. The molecule has 0 aliphatic rings. The summed E-state index contributed by atoms with van der Waals surface area (Å²) in [4.78, 5) is 0. The van der Waals surface area contributed by atoms with Crippen LogP contribution in [0.5, 0.6) is 0 Å². The predicted octanol–water partition coefficient (Wildman–Crippen LogP) is 4.09. The molecule has 2 aromatic rings. The van der Waals surface area contributed by atoms with E-state index < -0.39 is 0 Å². The van der Waals surface area contributed by atoms with Crippen molar-refractivity contribution in [1.82, 2.24) is 9.78 Å². The Labute approximate surface area is 123 Å². The van der Waals surface area contributed by atoms with Crippen molar-refractivity contribution in [3.8, 4) is 11.1 Å². The summed E-state index contributed by atoms with van der Waals surface area (Å²) in [5.41, 5.74) is 2.21. The molecule has 0 amide bonds. The summed E-state index contributed by atoms with van der Waals surface area (Å²) in [6.07, 6.45) is 5.15. The number of benzene rings is 1.